The van der Waals surface area contributed by atoms with Gasteiger partial charge in [0.15, 0.2) is 6.10 Å². The lowest BCUT2D eigenvalue weighted by molar-refractivity contribution is -0.146. The molecule has 1 aliphatic carbocycles. The normalized spacial score (nSPS) is 12.9. The van der Waals surface area contributed by atoms with Crippen molar-refractivity contribution in [3.63, 3.8) is 0 Å². The van der Waals surface area contributed by atoms with Gasteiger partial charge in [-0.2, -0.15) is 0 Å². The quantitative estimate of drug-likeness (QED) is 0.425. The second kappa shape index (κ2) is 9.72. The number of halogens is 1. The number of amides is 2. The van der Waals surface area contributed by atoms with Crippen LogP contribution in [0, 0.1) is 5.82 Å². The van der Waals surface area contributed by atoms with Gasteiger partial charge in [-0.25, -0.2) is 14.0 Å². The largest absolute Gasteiger partial charge is 0.479 e. The van der Waals surface area contributed by atoms with Gasteiger partial charge in [-0.1, -0.05) is 48.5 Å². The Balaban J connectivity index is 1.41. The van der Waals surface area contributed by atoms with Crippen molar-refractivity contribution in [2.75, 3.05) is 18.5 Å². The molecule has 0 fully saturated rings. The number of benzene rings is 3. The zero-order valence-electron chi connectivity index (χ0n) is 17.8. The lowest BCUT2D eigenvalue weighted by atomic mass is 9.98. The summed E-state index contributed by atoms with van der Waals surface area (Å²) in [4.78, 5) is 35.2. The van der Waals surface area contributed by atoms with Crippen LogP contribution in [0.2, 0.25) is 0 Å². The van der Waals surface area contributed by atoms with E-state index in [-0.39, 0.29) is 18.2 Å². The van der Waals surface area contributed by atoms with Crippen LogP contribution in [0.4, 0.5) is 14.9 Å². The van der Waals surface area contributed by atoms with Crippen molar-refractivity contribution in [1.82, 2.24) is 5.32 Å². The number of aliphatic hydroxyl groups is 1. The number of carboxylic acids is 1. The first kappa shape index (κ1) is 22.9. The fraction of sp³-hybridized carbons (Fsp3) is 0.160. The van der Waals surface area contributed by atoms with E-state index in [0.717, 1.165) is 34.4 Å². The molecule has 0 saturated carbocycles. The van der Waals surface area contributed by atoms with Crippen LogP contribution in [0.25, 0.3) is 11.1 Å². The molecule has 0 bridgehead atoms. The van der Waals surface area contributed by atoms with Crippen LogP contribution >= 0.6 is 0 Å². The third kappa shape index (κ3) is 4.74. The van der Waals surface area contributed by atoms with E-state index in [1.807, 2.05) is 48.5 Å². The van der Waals surface area contributed by atoms with Crippen molar-refractivity contribution in [2.45, 2.75) is 12.0 Å². The van der Waals surface area contributed by atoms with Gasteiger partial charge in [-0.15, -0.1) is 0 Å². The lowest BCUT2D eigenvalue weighted by Crippen LogP contribution is -2.36. The number of hydrogen-bond acceptors (Lipinski definition) is 5. The number of aliphatic hydroxyl groups excluding tert-OH is 1. The first-order valence-corrected chi connectivity index (χ1v) is 10.5. The summed E-state index contributed by atoms with van der Waals surface area (Å²) in [7, 11) is 0. The minimum Gasteiger partial charge on any atom is -0.479 e. The topological polar surface area (TPSA) is 125 Å². The maximum atomic E-state index is 14.1. The van der Waals surface area contributed by atoms with Gasteiger partial charge in [0.1, 0.15) is 12.4 Å². The first-order chi connectivity index (χ1) is 16.3. The molecule has 0 aliphatic heterocycles. The van der Waals surface area contributed by atoms with Gasteiger partial charge in [-0.05, 0) is 40.5 Å². The van der Waals surface area contributed by atoms with Crippen molar-refractivity contribution >= 4 is 23.7 Å². The highest BCUT2D eigenvalue weighted by atomic mass is 19.1. The van der Waals surface area contributed by atoms with Gasteiger partial charge in [-0.3, -0.25) is 10.1 Å². The third-order valence-corrected chi connectivity index (χ3v) is 5.54. The molecule has 34 heavy (non-hydrogen) atoms. The van der Waals surface area contributed by atoms with Crippen LogP contribution in [0.3, 0.4) is 0 Å². The number of carbonyl (C=O) groups is 3. The third-order valence-electron chi connectivity index (χ3n) is 5.54. The predicted octanol–water partition coefficient (Wildman–Crippen LogP) is 3.36. The highest BCUT2D eigenvalue weighted by molar-refractivity contribution is 5.96. The van der Waals surface area contributed by atoms with Crippen LogP contribution in [-0.2, 0) is 9.53 Å². The van der Waals surface area contributed by atoms with Gasteiger partial charge in [0, 0.05) is 11.6 Å². The Morgan fingerprint density at radius 3 is 2.21 bits per heavy atom. The van der Waals surface area contributed by atoms with Crippen LogP contribution < -0.4 is 10.6 Å². The highest BCUT2D eigenvalue weighted by Gasteiger charge is 2.29. The molecule has 3 aromatic rings. The summed E-state index contributed by atoms with van der Waals surface area (Å²) >= 11 is 0. The number of rotatable bonds is 7. The Kier molecular flexibility index (Phi) is 6.55. The van der Waals surface area contributed by atoms with Crippen molar-refractivity contribution in [1.29, 1.82) is 0 Å². The minimum absolute atomic E-state index is 0.0848. The second-order valence-electron chi connectivity index (χ2n) is 7.71. The Labute approximate surface area is 194 Å². The van der Waals surface area contributed by atoms with E-state index in [1.165, 1.54) is 6.07 Å². The van der Waals surface area contributed by atoms with E-state index in [1.54, 1.807) is 0 Å². The van der Waals surface area contributed by atoms with Crippen molar-refractivity contribution < 1.29 is 33.7 Å². The molecule has 1 aliphatic rings. The molecule has 8 nitrogen and oxygen atoms in total. The average Bonchev–Trinajstić information content (AvgIpc) is 3.16. The van der Waals surface area contributed by atoms with Crippen molar-refractivity contribution in [3.05, 3.63) is 89.2 Å². The van der Waals surface area contributed by atoms with Crippen LogP contribution in [0.15, 0.2) is 66.7 Å². The van der Waals surface area contributed by atoms with E-state index in [2.05, 4.69) is 10.6 Å². The molecular formula is C25H21FN2O6. The van der Waals surface area contributed by atoms with Crippen LogP contribution in [0.1, 0.15) is 27.4 Å². The predicted molar refractivity (Wildman–Crippen MR) is 121 cm³/mol. The number of carboxylic acid groups (broad SMARTS) is 1. The number of aliphatic carboxylic acids is 1. The Morgan fingerprint density at radius 2 is 1.59 bits per heavy atom. The molecule has 0 radical (unpaired) electrons. The second-order valence-corrected chi connectivity index (χ2v) is 7.71. The molecule has 1 atom stereocenters. The van der Waals surface area contributed by atoms with E-state index in [9.17, 15) is 23.9 Å². The molecule has 0 heterocycles. The highest BCUT2D eigenvalue weighted by Crippen LogP contribution is 2.44. The van der Waals surface area contributed by atoms with Gasteiger partial charge < -0.3 is 20.3 Å². The van der Waals surface area contributed by atoms with Gasteiger partial charge in [0.05, 0.1) is 12.1 Å². The molecule has 0 saturated heterocycles. The summed E-state index contributed by atoms with van der Waals surface area (Å²) in [5, 5.41) is 22.5. The van der Waals surface area contributed by atoms with Crippen molar-refractivity contribution in [3.8, 4) is 11.1 Å². The number of ether oxygens (including phenoxy) is 1. The van der Waals surface area contributed by atoms with Crippen LogP contribution in [0.5, 0.6) is 0 Å². The zero-order chi connectivity index (χ0) is 24.2. The van der Waals surface area contributed by atoms with Gasteiger partial charge >= 0.3 is 12.1 Å². The van der Waals surface area contributed by atoms with Gasteiger partial charge in [0.2, 0.25) is 0 Å². The summed E-state index contributed by atoms with van der Waals surface area (Å²) in [6.45, 7) is -0.515. The summed E-state index contributed by atoms with van der Waals surface area (Å²) in [5.74, 6) is -3.46. The molecule has 9 heteroatoms. The number of carbonyl (C=O) groups excluding carboxylic acids is 2. The summed E-state index contributed by atoms with van der Waals surface area (Å²) < 4.78 is 19.5. The van der Waals surface area contributed by atoms with E-state index < -0.39 is 42.0 Å². The monoisotopic (exact) mass is 464 g/mol. The van der Waals surface area contributed by atoms with Crippen molar-refractivity contribution in [2.24, 2.45) is 0 Å². The van der Waals surface area contributed by atoms with E-state index in [4.69, 9.17) is 9.84 Å². The first-order valence-electron chi connectivity index (χ1n) is 10.5. The molecule has 174 valence electrons. The molecule has 4 rings (SSSR count). The van der Waals surface area contributed by atoms with E-state index in [0.29, 0.717) is 0 Å². The zero-order valence-corrected chi connectivity index (χ0v) is 17.8. The molecule has 2 amide bonds. The number of hydrogen-bond donors (Lipinski definition) is 4. The van der Waals surface area contributed by atoms with Crippen LogP contribution in [-0.4, -0.2) is 47.4 Å². The standard InChI is InChI=1S/C25H21FN2O6/c26-21-10-9-14(11-19(21)23(30)27-12-22(29)24(31)32)28-25(33)34-13-20-17-7-3-1-5-15(17)16-6-2-4-8-18(16)20/h1-11,20,22,29H,12-13H2,(H,27,30)(H,28,33)(H,31,32). The summed E-state index contributed by atoms with van der Waals surface area (Å²) in [5.41, 5.74) is 3.99. The molecule has 4 N–H and O–H groups in total. The molecule has 0 spiro atoms. The Bertz CT molecular complexity index is 1220. The SMILES string of the molecule is O=C(Nc1ccc(F)c(C(=O)NCC(O)C(=O)O)c1)OCC1c2ccccc2-c2ccccc21. The number of nitrogens with one attached hydrogen (secondary N) is 2. The lowest BCUT2D eigenvalue weighted by Gasteiger charge is -2.15. The van der Waals surface area contributed by atoms with Gasteiger partial charge in [0.25, 0.3) is 5.91 Å². The minimum atomic E-state index is -1.82. The fourth-order valence-corrected chi connectivity index (χ4v) is 3.90. The molecular weight excluding hydrogens is 443 g/mol. The molecule has 3 aromatic carbocycles. The summed E-state index contributed by atoms with van der Waals surface area (Å²) in [6.07, 6.45) is -2.60. The Morgan fingerprint density at radius 1 is 0.971 bits per heavy atom. The number of fused-ring (bicyclic) bond motifs is 3. The maximum absolute atomic E-state index is 14.1. The fourth-order valence-electron chi connectivity index (χ4n) is 3.90. The molecule has 1 unspecified atom stereocenters. The smallest absolute Gasteiger partial charge is 0.411 e. The maximum Gasteiger partial charge on any atom is 0.411 e. The van der Waals surface area contributed by atoms with E-state index >= 15 is 0 Å². The summed E-state index contributed by atoms with van der Waals surface area (Å²) in [6, 6.07) is 19.1. The Hall–Kier alpha value is -4.24. The number of anilines is 1. The average molecular weight is 464 g/mol. The molecule has 0 aromatic heterocycles.